The first kappa shape index (κ1) is 17.8. The number of thioether (sulfide) groups is 1. The van der Waals surface area contributed by atoms with Crippen molar-refractivity contribution in [2.75, 3.05) is 12.4 Å². The second-order valence-electron chi connectivity index (χ2n) is 4.66. The van der Waals surface area contributed by atoms with Crippen molar-refractivity contribution in [3.8, 4) is 0 Å². The van der Waals surface area contributed by atoms with Gasteiger partial charge in [-0.2, -0.15) is 0 Å². The number of ether oxygens (including phenoxy) is 1. The van der Waals surface area contributed by atoms with Crippen LogP contribution in [0.15, 0.2) is 0 Å². The number of rotatable bonds is 11. The number of hydrogen-bond acceptors (Lipinski definition) is 3. The molecule has 0 heterocycles. The predicted molar refractivity (Wildman–Crippen MR) is 76.8 cm³/mol. The van der Waals surface area contributed by atoms with Crippen LogP contribution in [0, 0.1) is 0 Å². The van der Waals surface area contributed by atoms with Crippen LogP contribution in [0.5, 0.6) is 0 Å². The Hall–Kier alpha value is -0.250. The molecule has 4 heteroatoms. The quantitative estimate of drug-likeness (QED) is 0.415. The van der Waals surface area contributed by atoms with Crippen LogP contribution >= 0.6 is 11.8 Å². The highest BCUT2D eigenvalue weighted by atomic mass is 32.2. The highest BCUT2D eigenvalue weighted by molar-refractivity contribution is 8.00. The molecular weight excluding hydrogens is 251 g/mol. The fourth-order valence-corrected chi connectivity index (χ4v) is 2.40. The van der Waals surface area contributed by atoms with E-state index < -0.39 is 6.17 Å². The Balaban J connectivity index is 3.40. The van der Waals surface area contributed by atoms with Gasteiger partial charge in [0.05, 0.1) is 18.0 Å². The topological polar surface area (TPSA) is 26.3 Å². The fraction of sp³-hybridized carbons (Fsp3) is 0.929. The number of unbranched alkanes of at least 4 members (excludes halogenated alkanes) is 3. The number of hydrogen-bond donors (Lipinski definition) is 0. The van der Waals surface area contributed by atoms with Crippen molar-refractivity contribution < 1.29 is 13.9 Å². The molecule has 2 nitrogen and oxygen atoms in total. The number of alkyl halides is 1. The third kappa shape index (κ3) is 10.9. The van der Waals surface area contributed by atoms with Gasteiger partial charge >= 0.3 is 5.97 Å². The summed E-state index contributed by atoms with van der Waals surface area (Å²) in [6.45, 7) is 6.10. The molecule has 0 radical (unpaired) electrons. The van der Waals surface area contributed by atoms with Gasteiger partial charge in [0.1, 0.15) is 0 Å². The summed E-state index contributed by atoms with van der Waals surface area (Å²) in [6, 6.07) is 0. The second-order valence-corrected chi connectivity index (χ2v) is 6.11. The van der Waals surface area contributed by atoms with Gasteiger partial charge in [0, 0.05) is 0 Å². The van der Waals surface area contributed by atoms with Crippen molar-refractivity contribution in [2.45, 2.75) is 70.7 Å². The average Bonchev–Trinajstić information content (AvgIpc) is 2.33. The lowest BCUT2D eigenvalue weighted by Crippen LogP contribution is -2.18. The molecule has 0 bridgehead atoms. The van der Waals surface area contributed by atoms with Crippen LogP contribution in [0.2, 0.25) is 0 Å². The summed E-state index contributed by atoms with van der Waals surface area (Å²) in [5.41, 5.74) is 0. The number of carbonyl (C=O) groups excluding carboxylic acids is 1. The Morgan fingerprint density at radius 3 is 2.56 bits per heavy atom. The summed E-state index contributed by atoms with van der Waals surface area (Å²) in [5.74, 6) is 0.843. The largest absolute Gasteiger partial charge is 0.465 e. The van der Waals surface area contributed by atoms with Crippen molar-refractivity contribution in [1.29, 1.82) is 0 Å². The molecule has 2 unspecified atom stereocenters. The van der Waals surface area contributed by atoms with Crippen LogP contribution < -0.4 is 0 Å². The minimum absolute atomic E-state index is 0.0815. The van der Waals surface area contributed by atoms with Gasteiger partial charge in [-0.25, -0.2) is 4.39 Å². The molecule has 0 N–H and O–H groups in total. The molecule has 0 spiro atoms. The van der Waals surface area contributed by atoms with Crippen molar-refractivity contribution in [3.63, 3.8) is 0 Å². The monoisotopic (exact) mass is 278 g/mol. The van der Waals surface area contributed by atoms with Crippen LogP contribution in [0.25, 0.3) is 0 Å². The van der Waals surface area contributed by atoms with Gasteiger partial charge in [0.25, 0.3) is 0 Å². The Bertz CT molecular complexity index is 210. The van der Waals surface area contributed by atoms with Crippen LogP contribution in [-0.2, 0) is 9.53 Å². The lowest BCUT2D eigenvalue weighted by molar-refractivity contribution is -0.142. The number of carbonyl (C=O) groups is 1. The van der Waals surface area contributed by atoms with E-state index in [2.05, 4.69) is 6.92 Å². The molecule has 0 rings (SSSR count). The summed E-state index contributed by atoms with van der Waals surface area (Å²) in [4.78, 5) is 11.5. The fourth-order valence-electron chi connectivity index (χ4n) is 1.47. The van der Waals surface area contributed by atoms with Gasteiger partial charge in [0.2, 0.25) is 0 Å². The van der Waals surface area contributed by atoms with E-state index >= 15 is 0 Å². The molecule has 0 saturated heterocycles. The van der Waals surface area contributed by atoms with Crippen LogP contribution in [0.4, 0.5) is 4.39 Å². The van der Waals surface area contributed by atoms with E-state index in [0.29, 0.717) is 13.0 Å². The molecule has 0 aromatic carbocycles. The average molecular weight is 278 g/mol. The lowest BCUT2D eigenvalue weighted by atomic mass is 10.1. The molecule has 0 aliphatic carbocycles. The highest BCUT2D eigenvalue weighted by Crippen LogP contribution is 2.16. The van der Waals surface area contributed by atoms with E-state index in [1.54, 1.807) is 18.7 Å². The van der Waals surface area contributed by atoms with E-state index in [1.807, 2.05) is 6.92 Å². The molecule has 2 atom stereocenters. The summed E-state index contributed by atoms with van der Waals surface area (Å²) in [6.07, 6.45) is 4.97. The summed E-state index contributed by atoms with van der Waals surface area (Å²) < 4.78 is 17.7. The van der Waals surface area contributed by atoms with Crippen molar-refractivity contribution in [3.05, 3.63) is 0 Å². The van der Waals surface area contributed by atoms with E-state index in [0.717, 1.165) is 37.9 Å². The maximum absolute atomic E-state index is 12.5. The summed E-state index contributed by atoms with van der Waals surface area (Å²) >= 11 is 1.63. The molecule has 0 saturated carbocycles. The normalized spacial score (nSPS) is 14.2. The molecular formula is C14H27FO2S. The lowest BCUT2D eigenvalue weighted by Gasteiger charge is -2.10. The van der Waals surface area contributed by atoms with E-state index in [9.17, 15) is 9.18 Å². The minimum atomic E-state index is -0.690. The maximum atomic E-state index is 12.5. The van der Waals surface area contributed by atoms with Gasteiger partial charge < -0.3 is 4.74 Å². The Morgan fingerprint density at radius 1 is 1.22 bits per heavy atom. The third-order valence-electron chi connectivity index (χ3n) is 2.69. The minimum Gasteiger partial charge on any atom is -0.465 e. The number of esters is 1. The van der Waals surface area contributed by atoms with E-state index in [1.165, 1.54) is 0 Å². The second kappa shape index (κ2) is 11.8. The zero-order valence-electron chi connectivity index (χ0n) is 11.9. The molecule has 0 aromatic rings. The molecule has 0 aromatic heterocycles. The maximum Gasteiger partial charge on any atom is 0.318 e. The molecule has 18 heavy (non-hydrogen) atoms. The molecule has 0 aliphatic rings. The zero-order valence-corrected chi connectivity index (χ0v) is 12.7. The van der Waals surface area contributed by atoms with Gasteiger partial charge in [-0.15, -0.1) is 11.8 Å². The van der Waals surface area contributed by atoms with Crippen molar-refractivity contribution in [2.24, 2.45) is 0 Å². The van der Waals surface area contributed by atoms with Gasteiger partial charge in [-0.3, -0.25) is 4.79 Å². The smallest absolute Gasteiger partial charge is 0.318 e. The van der Waals surface area contributed by atoms with Gasteiger partial charge in [0.15, 0.2) is 0 Å². The third-order valence-corrected chi connectivity index (χ3v) is 3.91. The van der Waals surface area contributed by atoms with Crippen molar-refractivity contribution in [1.82, 2.24) is 0 Å². The van der Waals surface area contributed by atoms with Crippen LogP contribution in [-0.4, -0.2) is 29.8 Å². The summed E-state index contributed by atoms with van der Waals surface area (Å²) in [5, 5.41) is -0.0815. The SMILES string of the molecule is CCCCOC(=O)C(C)SCCCCCC(C)F. The highest BCUT2D eigenvalue weighted by Gasteiger charge is 2.13. The van der Waals surface area contributed by atoms with E-state index in [-0.39, 0.29) is 11.2 Å². The first-order chi connectivity index (χ1) is 8.57. The van der Waals surface area contributed by atoms with E-state index in [4.69, 9.17) is 4.74 Å². The Labute approximate surface area is 115 Å². The molecule has 0 fully saturated rings. The Morgan fingerprint density at radius 2 is 1.94 bits per heavy atom. The van der Waals surface area contributed by atoms with Crippen molar-refractivity contribution >= 4 is 17.7 Å². The summed E-state index contributed by atoms with van der Waals surface area (Å²) in [7, 11) is 0. The predicted octanol–water partition coefficient (Wildman–Crippen LogP) is 4.37. The molecule has 0 aliphatic heterocycles. The molecule has 0 amide bonds. The molecule has 108 valence electrons. The zero-order chi connectivity index (χ0) is 13.8. The van der Waals surface area contributed by atoms with Gasteiger partial charge in [-0.1, -0.05) is 26.2 Å². The first-order valence-corrected chi connectivity index (χ1v) is 8.05. The number of halogens is 1. The van der Waals surface area contributed by atoms with Gasteiger partial charge in [-0.05, 0) is 38.9 Å². The first-order valence-electron chi connectivity index (χ1n) is 7.00. The van der Waals surface area contributed by atoms with Crippen LogP contribution in [0.1, 0.15) is 59.3 Å². The standard InChI is InChI=1S/C14H27FO2S/c1-4-5-10-17-14(16)13(3)18-11-8-6-7-9-12(2)15/h12-13H,4-11H2,1-3H3. The van der Waals surface area contributed by atoms with Crippen LogP contribution in [0.3, 0.4) is 0 Å². The Kier molecular flexibility index (Phi) is 11.7.